The lowest BCUT2D eigenvalue weighted by atomic mass is 9.93. The van der Waals surface area contributed by atoms with Gasteiger partial charge >= 0.3 is 5.97 Å². The average molecular weight is 782 g/mol. The summed E-state index contributed by atoms with van der Waals surface area (Å²) in [5, 5.41) is 21.1. The quantitative estimate of drug-likeness (QED) is 0.115. The lowest BCUT2D eigenvalue weighted by Gasteiger charge is -2.33. The van der Waals surface area contributed by atoms with E-state index >= 15 is 0 Å². The summed E-state index contributed by atoms with van der Waals surface area (Å²) in [4.78, 5) is 16.3. The predicted octanol–water partition coefficient (Wildman–Crippen LogP) is 9.36. The lowest BCUT2D eigenvalue weighted by molar-refractivity contribution is -0.144. The van der Waals surface area contributed by atoms with Crippen LogP contribution in [0.2, 0.25) is 15.1 Å². The molecule has 2 aliphatic rings. The van der Waals surface area contributed by atoms with Gasteiger partial charge in [-0.2, -0.15) is 0 Å². The topological polar surface area (TPSA) is 91.7 Å². The van der Waals surface area contributed by atoms with E-state index in [-0.39, 0.29) is 19.3 Å². The molecule has 0 aliphatic carbocycles. The Bertz CT molecular complexity index is 1890. The molecule has 53 heavy (non-hydrogen) atoms. The first kappa shape index (κ1) is 39.2. The van der Waals surface area contributed by atoms with E-state index in [1.807, 2.05) is 29.2 Å². The van der Waals surface area contributed by atoms with Crippen LogP contribution in [0.15, 0.2) is 66.7 Å². The number of β-amino-alcohol motifs (C(OH)–C–C–N with tert-alkyl or cyclic N) is 1. The molecule has 282 valence electrons. The highest BCUT2D eigenvalue weighted by Crippen LogP contribution is 2.37. The molecule has 4 aromatic rings. The molecule has 8 nitrogen and oxygen atoms in total. The van der Waals surface area contributed by atoms with Gasteiger partial charge in [0, 0.05) is 47.9 Å². The van der Waals surface area contributed by atoms with Crippen molar-refractivity contribution in [3.63, 3.8) is 0 Å². The van der Waals surface area contributed by atoms with Crippen molar-refractivity contribution in [1.29, 1.82) is 0 Å². The molecule has 0 bridgehead atoms. The molecule has 2 N–H and O–H groups in total. The van der Waals surface area contributed by atoms with Gasteiger partial charge in [-0.05, 0) is 110 Å². The molecule has 0 amide bonds. The van der Waals surface area contributed by atoms with Gasteiger partial charge in [0.15, 0.2) is 0 Å². The molecule has 2 heterocycles. The molecule has 2 aliphatic heterocycles. The zero-order valence-electron chi connectivity index (χ0n) is 30.3. The molecular formula is C42H47Cl3N2O6. The number of piperidine rings is 1. The highest BCUT2D eigenvalue weighted by molar-refractivity contribution is 6.34. The Balaban J connectivity index is 1.18. The van der Waals surface area contributed by atoms with Crippen molar-refractivity contribution in [2.45, 2.75) is 77.9 Å². The number of ether oxygens (including phenoxy) is 3. The van der Waals surface area contributed by atoms with Crippen LogP contribution < -0.4 is 14.2 Å². The standard InChI is InChI=1S/C42H47Cl3N2O6/c1-27-30(8-5-9-35(27)36-10-6-12-39(28(36)2)51-17-7-14-46-16-13-34(48)24-46)26-53-41-22-40(52-25-29-18-32(43)21-33(44)19-29)31(20-37(41)45)23-47-15-4-3-11-38(47)42(49)50/h5-6,8-10,12,18-22,34,38,48H,3-4,7,11,13-17,23-26H2,1-2H3,(H,49,50)/t34-,38+/m1/s1. The fourth-order valence-electron chi connectivity index (χ4n) is 7.31. The summed E-state index contributed by atoms with van der Waals surface area (Å²) in [6, 6.07) is 20.7. The first-order chi connectivity index (χ1) is 25.5. The Morgan fingerprint density at radius 3 is 2.26 bits per heavy atom. The Hall–Kier alpha value is -3.50. The van der Waals surface area contributed by atoms with E-state index in [4.69, 9.17) is 49.0 Å². The van der Waals surface area contributed by atoms with Gasteiger partial charge in [-0.25, -0.2) is 0 Å². The van der Waals surface area contributed by atoms with Gasteiger partial charge in [0.2, 0.25) is 0 Å². The largest absolute Gasteiger partial charge is 0.493 e. The third-order valence-electron chi connectivity index (χ3n) is 10.2. The molecule has 0 unspecified atom stereocenters. The molecule has 0 aromatic heterocycles. The number of benzene rings is 4. The summed E-state index contributed by atoms with van der Waals surface area (Å²) >= 11 is 19.4. The molecule has 2 atom stereocenters. The summed E-state index contributed by atoms with van der Waals surface area (Å²) in [5.74, 6) is 1.05. The van der Waals surface area contributed by atoms with Crippen molar-refractivity contribution >= 4 is 40.8 Å². The molecule has 6 rings (SSSR count). The maximum absolute atomic E-state index is 12.1. The highest BCUT2D eigenvalue weighted by Gasteiger charge is 2.29. The number of halogens is 3. The van der Waals surface area contributed by atoms with Crippen LogP contribution in [0, 0.1) is 13.8 Å². The minimum atomic E-state index is -0.825. The van der Waals surface area contributed by atoms with E-state index < -0.39 is 12.0 Å². The SMILES string of the molecule is Cc1c(COc2cc(OCc3cc(Cl)cc(Cl)c3)c(CN3CCCC[C@H]3C(=O)O)cc2Cl)cccc1-c1cccc(OCCCN2CC[C@@H](O)C2)c1C. The minimum absolute atomic E-state index is 0.197. The van der Waals surface area contributed by atoms with Crippen molar-refractivity contribution in [2.75, 3.05) is 32.8 Å². The number of carboxylic acid groups (broad SMARTS) is 1. The van der Waals surface area contributed by atoms with Crippen molar-refractivity contribution < 1.29 is 29.2 Å². The van der Waals surface area contributed by atoms with Crippen LogP contribution in [-0.2, 0) is 24.6 Å². The van der Waals surface area contributed by atoms with Gasteiger partial charge in [-0.1, -0.05) is 71.6 Å². The second-order valence-corrected chi connectivity index (χ2v) is 15.3. The first-order valence-corrected chi connectivity index (χ1v) is 19.4. The van der Waals surface area contributed by atoms with Crippen LogP contribution in [0.4, 0.5) is 0 Å². The van der Waals surface area contributed by atoms with Gasteiger partial charge in [-0.3, -0.25) is 9.69 Å². The number of likely N-dealkylation sites (tertiary alicyclic amines) is 2. The number of hydrogen-bond donors (Lipinski definition) is 2. The summed E-state index contributed by atoms with van der Waals surface area (Å²) in [5.41, 5.74) is 6.94. The van der Waals surface area contributed by atoms with Crippen molar-refractivity contribution in [3.8, 4) is 28.4 Å². The van der Waals surface area contributed by atoms with Crippen LogP contribution in [0.25, 0.3) is 11.1 Å². The van der Waals surface area contributed by atoms with Gasteiger partial charge in [0.1, 0.15) is 36.5 Å². The number of rotatable bonds is 15. The summed E-state index contributed by atoms with van der Waals surface area (Å²) < 4.78 is 19.0. The molecular weight excluding hydrogens is 735 g/mol. The number of carbonyl (C=O) groups is 1. The summed E-state index contributed by atoms with van der Waals surface area (Å²) in [6.45, 7) is 8.91. The Labute approximate surface area is 327 Å². The van der Waals surface area contributed by atoms with E-state index in [0.29, 0.717) is 52.7 Å². The first-order valence-electron chi connectivity index (χ1n) is 18.3. The maximum atomic E-state index is 12.1. The molecule has 2 saturated heterocycles. The Kier molecular flexibility index (Phi) is 13.5. The molecule has 4 aromatic carbocycles. The third kappa shape index (κ3) is 10.2. The van der Waals surface area contributed by atoms with Crippen molar-refractivity contribution in [3.05, 3.63) is 110 Å². The van der Waals surface area contributed by atoms with Crippen molar-refractivity contribution in [2.24, 2.45) is 0 Å². The van der Waals surface area contributed by atoms with E-state index in [1.54, 1.807) is 24.3 Å². The van der Waals surface area contributed by atoms with Crippen LogP contribution in [-0.4, -0.2) is 70.9 Å². The predicted molar refractivity (Wildman–Crippen MR) is 211 cm³/mol. The number of aliphatic hydroxyl groups is 1. The number of nitrogens with zero attached hydrogens (tertiary/aromatic N) is 2. The Morgan fingerprint density at radius 1 is 0.792 bits per heavy atom. The fraction of sp³-hybridized carbons (Fsp3) is 0.405. The lowest BCUT2D eigenvalue weighted by Crippen LogP contribution is -2.44. The Morgan fingerprint density at radius 2 is 1.53 bits per heavy atom. The number of aliphatic carboxylic acids is 1. The van der Waals surface area contributed by atoms with E-state index in [1.165, 1.54) is 0 Å². The van der Waals surface area contributed by atoms with Crippen LogP contribution in [0.5, 0.6) is 17.2 Å². The van der Waals surface area contributed by atoms with Gasteiger partial charge < -0.3 is 29.3 Å². The van der Waals surface area contributed by atoms with E-state index in [2.05, 4.69) is 36.9 Å². The van der Waals surface area contributed by atoms with Gasteiger partial charge in [-0.15, -0.1) is 0 Å². The van der Waals surface area contributed by atoms with Crippen molar-refractivity contribution in [1.82, 2.24) is 9.80 Å². The van der Waals surface area contributed by atoms with Gasteiger partial charge in [0.25, 0.3) is 0 Å². The van der Waals surface area contributed by atoms with Gasteiger partial charge in [0.05, 0.1) is 17.7 Å². The van der Waals surface area contributed by atoms with E-state index in [9.17, 15) is 15.0 Å². The highest BCUT2D eigenvalue weighted by atomic mass is 35.5. The number of carboxylic acids is 1. The zero-order valence-corrected chi connectivity index (χ0v) is 32.5. The number of aliphatic hydroxyl groups excluding tert-OH is 1. The zero-order chi connectivity index (χ0) is 37.5. The van der Waals surface area contributed by atoms with E-state index in [0.717, 1.165) is 90.0 Å². The van der Waals surface area contributed by atoms with Crippen LogP contribution in [0.1, 0.15) is 59.9 Å². The molecule has 0 radical (unpaired) electrons. The molecule has 0 spiro atoms. The second-order valence-electron chi connectivity index (χ2n) is 14.0. The molecule has 0 saturated carbocycles. The normalized spacial score (nSPS) is 17.9. The minimum Gasteiger partial charge on any atom is -0.493 e. The third-order valence-corrected chi connectivity index (χ3v) is 11.0. The molecule has 11 heteroatoms. The van der Waals surface area contributed by atoms with Crippen LogP contribution in [0.3, 0.4) is 0 Å². The van der Waals surface area contributed by atoms with Crippen LogP contribution >= 0.6 is 34.8 Å². The smallest absolute Gasteiger partial charge is 0.320 e. The fourth-order valence-corrected chi connectivity index (χ4v) is 8.13. The second kappa shape index (κ2) is 18.2. The summed E-state index contributed by atoms with van der Waals surface area (Å²) in [7, 11) is 0. The monoisotopic (exact) mass is 780 g/mol. The maximum Gasteiger partial charge on any atom is 0.320 e. The number of hydrogen-bond acceptors (Lipinski definition) is 7. The molecule has 2 fully saturated rings. The average Bonchev–Trinajstić information content (AvgIpc) is 3.55. The summed E-state index contributed by atoms with van der Waals surface area (Å²) in [6.07, 6.45) is 3.94.